The van der Waals surface area contributed by atoms with E-state index in [1.54, 1.807) is 6.26 Å². The zero-order valence-corrected chi connectivity index (χ0v) is 8.67. The second-order valence-electron chi connectivity index (χ2n) is 2.30. The van der Waals surface area contributed by atoms with Crippen molar-refractivity contribution in [3.05, 3.63) is 0 Å². The summed E-state index contributed by atoms with van der Waals surface area (Å²) in [5, 5.41) is 0. The molecular formula is C6H14N2O2S2. The molecule has 0 aromatic heterocycles. The highest BCUT2D eigenvalue weighted by molar-refractivity contribution is 7.97. The van der Waals surface area contributed by atoms with Crippen LogP contribution in [0.3, 0.4) is 0 Å². The van der Waals surface area contributed by atoms with Gasteiger partial charge in [-0.25, -0.2) is 4.79 Å². The number of carbonyl (C=O) groups is 1. The molecule has 4 nitrogen and oxygen atoms in total. The van der Waals surface area contributed by atoms with Crippen LogP contribution < -0.4 is 10.5 Å². The number of nitrogens with one attached hydrogen (secondary N) is 1. The van der Waals surface area contributed by atoms with Gasteiger partial charge in [-0.3, -0.25) is 4.72 Å². The first-order valence-electron chi connectivity index (χ1n) is 3.60. The van der Waals surface area contributed by atoms with E-state index in [2.05, 4.69) is 4.72 Å². The molecule has 6 heteroatoms. The van der Waals surface area contributed by atoms with Gasteiger partial charge in [0.05, 0.1) is 6.26 Å². The van der Waals surface area contributed by atoms with Crippen LogP contribution in [-0.4, -0.2) is 28.3 Å². The zero-order valence-electron chi connectivity index (χ0n) is 7.04. The van der Waals surface area contributed by atoms with Crippen molar-refractivity contribution in [2.24, 2.45) is 5.73 Å². The van der Waals surface area contributed by atoms with Gasteiger partial charge in [0.2, 0.25) is 0 Å². The normalized spacial score (nSPS) is 12.5. The van der Waals surface area contributed by atoms with Crippen molar-refractivity contribution in [3.8, 4) is 0 Å². The third-order valence-electron chi connectivity index (χ3n) is 1.10. The summed E-state index contributed by atoms with van der Waals surface area (Å²) in [4.78, 5) is 10.2. The molecule has 12 heavy (non-hydrogen) atoms. The Hall–Kier alpha value is -0.0700. The van der Waals surface area contributed by atoms with Crippen molar-refractivity contribution >= 4 is 29.2 Å². The average molecular weight is 210 g/mol. The van der Waals surface area contributed by atoms with Gasteiger partial charge in [0.25, 0.3) is 0 Å². The Balaban J connectivity index is 2.96. The summed E-state index contributed by atoms with van der Waals surface area (Å²) in [6.07, 6.45) is 3.57. The van der Waals surface area contributed by atoms with Gasteiger partial charge in [0.15, 0.2) is 0 Å². The number of unbranched alkanes of at least 4 members (excludes halogenated alkanes) is 1. The van der Waals surface area contributed by atoms with Crippen molar-refractivity contribution in [2.75, 3.05) is 17.8 Å². The maximum absolute atomic E-state index is 10.6. The zero-order chi connectivity index (χ0) is 9.40. The molecule has 0 spiro atoms. The number of urea groups is 1. The second kappa shape index (κ2) is 7.57. The summed E-state index contributed by atoms with van der Waals surface area (Å²) in [7, 11) is 0. The van der Waals surface area contributed by atoms with E-state index in [0.29, 0.717) is 0 Å². The minimum absolute atomic E-state index is 0.515. The third-order valence-corrected chi connectivity index (χ3v) is 2.80. The fourth-order valence-electron chi connectivity index (χ4n) is 0.602. The largest absolute Gasteiger partial charge is 0.617 e. The van der Waals surface area contributed by atoms with E-state index in [0.717, 1.165) is 24.3 Å². The van der Waals surface area contributed by atoms with Gasteiger partial charge in [-0.05, 0) is 24.8 Å². The molecule has 72 valence electrons. The molecule has 0 heterocycles. The topological polar surface area (TPSA) is 78.2 Å². The van der Waals surface area contributed by atoms with Gasteiger partial charge in [0, 0.05) is 5.75 Å². The van der Waals surface area contributed by atoms with Crippen LogP contribution in [0, 0.1) is 0 Å². The van der Waals surface area contributed by atoms with Crippen LogP contribution in [0.15, 0.2) is 0 Å². The lowest BCUT2D eigenvalue weighted by atomic mass is 10.4. The lowest BCUT2D eigenvalue weighted by Gasteiger charge is -2.03. The fourth-order valence-corrected chi connectivity index (χ4v) is 1.81. The molecule has 0 saturated carbocycles. The summed E-state index contributed by atoms with van der Waals surface area (Å²) < 4.78 is 13.0. The standard InChI is InChI=1S/C6H14N2O2S2/c1-12(10)5-3-2-4-11-8-6(7)9/h2-5H2,1H3,(H3,7,8,9). The molecule has 1 unspecified atom stereocenters. The van der Waals surface area contributed by atoms with Crippen LogP contribution in [0.5, 0.6) is 0 Å². The van der Waals surface area contributed by atoms with Crippen molar-refractivity contribution < 1.29 is 9.35 Å². The number of primary amides is 1. The van der Waals surface area contributed by atoms with E-state index in [-0.39, 0.29) is 0 Å². The fraction of sp³-hybridized carbons (Fsp3) is 0.833. The number of amides is 2. The molecule has 0 radical (unpaired) electrons. The number of nitrogens with two attached hydrogens (primary N) is 1. The number of carbonyl (C=O) groups excluding carboxylic acids is 1. The van der Waals surface area contributed by atoms with Gasteiger partial charge in [-0.1, -0.05) is 11.2 Å². The Labute approximate surface area is 80.0 Å². The Morgan fingerprint density at radius 3 is 2.83 bits per heavy atom. The van der Waals surface area contributed by atoms with E-state index < -0.39 is 17.2 Å². The highest BCUT2D eigenvalue weighted by Crippen LogP contribution is 2.01. The minimum atomic E-state index is -0.701. The molecule has 0 rings (SSSR count). The third kappa shape index (κ3) is 9.93. The van der Waals surface area contributed by atoms with E-state index >= 15 is 0 Å². The minimum Gasteiger partial charge on any atom is -0.617 e. The van der Waals surface area contributed by atoms with Crippen LogP contribution in [0.1, 0.15) is 12.8 Å². The smallest absolute Gasteiger partial charge is 0.322 e. The summed E-state index contributed by atoms with van der Waals surface area (Å²) in [5.74, 6) is 1.55. The van der Waals surface area contributed by atoms with Crippen LogP contribution in [0.25, 0.3) is 0 Å². The van der Waals surface area contributed by atoms with E-state index in [1.165, 1.54) is 11.9 Å². The molecule has 0 fully saturated rings. The van der Waals surface area contributed by atoms with Gasteiger partial charge in [0.1, 0.15) is 5.75 Å². The Kier molecular flexibility index (Phi) is 7.53. The van der Waals surface area contributed by atoms with Gasteiger partial charge in [-0.15, -0.1) is 0 Å². The molecule has 0 bridgehead atoms. The van der Waals surface area contributed by atoms with Crippen LogP contribution in [-0.2, 0) is 11.2 Å². The molecule has 0 aliphatic heterocycles. The molecule has 0 aliphatic carbocycles. The second-order valence-corrected chi connectivity index (χ2v) is 4.75. The highest BCUT2D eigenvalue weighted by Gasteiger charge is 1.97. The molecule has 0 saturated heterocycles. The molecule has 0 aromatic carbocycles. The number of rotatable bonds is 6. The molecule has 0 aliphatic rings. The number of hydrogen-bond acceptors (Lipinski definition) is 3. The Morgan fingerprint density at radius 1 is 1.67 bits per heavy atom. The molecule has 1 atom stereocenters. The Bertz CT molecular complexity index is 133. The molecule has 0 aromatic rings. The highest BCUT2D eigenvalue weighted by atomic mass is 32.2. The van der Waals surface area contributed by atoms with Crippen molar-refractivity contribution in [2.45, 2.75) is 12.8 Å². The quantitative estimate of drug-likeness (QED) is 0.380. The first kappa shape index (κ1) is 11.9. The summed E-state index contributed by atoms with van der Waals surface area (Å²) in [5.41, 5.74) is 4.84. The maximum atomic E-state index is 10.6. The Morgan fingerprint density at radius 2 is 2.33 bits per heavy atom. The van der Waals surface area contributed by atoms with Crippen LogP contribution >= 0.6 is 11.9 Å². The maximum Gasteiger partial charge on any atom is 0.322 e. The molecule has 3 N–H and O–H groups in total. The van der Waals surface area contributed by atoms with Crippen molar-refractivity contribution in [1.29, 1.82) is 0 Å². The molecular weight excluding hydrogens is 196 g/mol. The molecule has 2 amide bonds. The van der Waals surface area contributed by atoms with E-state index in [4.69, 9.17) is 5.73 Å². The van der Waals surface area contributed by atoms with E-state index in [9.17, 15) is 9.35 Å². The first-order chi connectivity index (χ1) is 5.63. The first-order valence-corrected chi connectivity index (χ1v) is 6.31. The predicted molar refractivity (Wildman–Crippen MR) is 53.3 cm³/mol. The van der Waals surface area contributed by atoms with Crippen LogP contribution in [0.4, 0.5) is 4.79 Å². The average Bonchev–Trinajstić information content (AvgIpc) is 1.95. The lowest BCUT2D eigenvalue weighted by Crippen LogP contribution is -2.23. The number of hydrogen-bond donors (Lipinski definition) is 2. The van der Waals surface area contributed by atoms with Crippen molar-refractivity contribution in [1.82, 2.24) is 4.72 Å². The predicted octanol–water partition coefficient (Wildman–Crippen LogP) is 0.462. The summed E-state index contributed by atoms with van der Waals surface area (Å²) in [6.45, 7) is 0. The van der Waals surface area contributed by atoms with E-state index in [1.807, 2.05) is 0 Å². The van der Waals surface area contributed by atoms with Gasteiger partial charge >= 0.3 is 6.03 Å². The lowest BCUT2D eigenvalue weighted by molar-refractivity contribution is 0.254. The van der Waals surface area contributed by atoms with Crippen LogP contribution in [0.2, 0.25) is 0 Å². The summed E-state index contributed by atoms with van der Waals surface area (Å²) in [6, 6.07) is -0.515. The SMILES string of the molecule is C[S+]([O-])CCCCSNC(N)=O. The summed E-state index contributed by atoms with van der Waals surface area (Å²) >= 11 is 0.588. The van der Waals surface area contributed by atoms with Gasteiger partial charge < -0.3 is 10.3 Å². The van der Waals surface area contributed by atoms with Gasteiger partial charge in [-0.2, -0.15) is 0 Å². The van der Waals surface area contributed by atoms with Crippen molar-refractivity contribution in [3.63, 3.8) is 0 Å². The monoisotopic (exact) mass is 210 g/mol.